The average molecular weight is 263 g/mol. The molecule has 2 aliphatic rings. The molecule has 1 aliphatic heterocycles. The van der Waals surface area contributed by atoms with Crippen LogP contribution in [0.15, 0.2) is 18.3 Å². The van der Waals surface area contributed by atoms with Crippen molar-refractivity contribution in [3.05, 3.63) is 18.3 Å². The normalized spacial score (nSPS) is 32.5. The molecule has 2 heterocycles. The fourth-order valence-electron chi connectivity index (χ4n) is 2.91. The lowest BCUT2D eigenvalue weighted by atomic mass is 9.72. The van der Waals surface area contributed by atoms with Crippen LogP contribution in [0.3, 0.4) is 0 Å². The fourth-order valence-corrected chi connectivity index (χ4v) is 2.91. The van der Waals surface area contributed by atoms with Gasteiger partial charge < -0.3 is 20.5 Å². The molecule has 2 fully saturated rings. The lowest BCUT2D eigenvalue weighted by Crippen LogP contribution is -2.65. The van der Waals surface area contributed by atoms with Gasteiger partial charge >= 0.3 is 0 Å². The van der Waals surface area contributed by atoms with Gasteiger partial charge in [-0.05, 0) is 25.0 Å². The van der Waals surface area contributed by atoms with Crippen molar-refractivity contribution in [2.24, 2.45) is 11.7 Å². The van der Waals surface area contributed by atoms with Crippen LogP contribution in [0, 0.1) is 5.92 Å². The van der Waals surface area contributed by atoms with Crippen molar-refractivity contribution in [3.8, 4) is 5.75 Å². The minimum Gasteiger partial charge on any atom is -0.490 e. The molecule has 4 unspecified atom stereocenters. The number of nitrogens with one attached hydrogen (secondary N) is 1. The molecular weight excluding hydrogens is 242 g/mol. The maximum atomic E-state index is 6.19. The van der Waals surface area contributed by atoms with Gasteiger partial charge in [0.25, 0.3) is 0 Å². The first-order valence-electron chi connectivity index (χ1n) is 7.03. The average Bonchev–Trinajstić information content (AvgIpc) is 2.88. The van der Waals surface area contributed by atoms with Gasteiger partial charge in [0, 0.05) is 24.8 Å². The Morgan fingerprint density at radius 1 is 1.58 bits per heavy atom. The highest BCUT2D eigenvalue weighted by Gasteiger charge is 2.52. The van der Waals surface area contributed by atoms with Crippen LogP contribution in [0.2, 0.25) is 0 Å². The SMILES string of the molecule is CCCOc1cccnc1NC1C(N)C2CCOC21. The molecule has 19 heavy (non-hydrogen) atoms. The monoisotopic (exact) mass is 263 g/mol. The van der Waals surface area contributed by atoms with Crippen LogP contribution in [0.25, 0.3) is 0 Å². The van der Waals surface area contributed by atoms with E-state index in [4.69, 9.17) is 15.2 Å². The van der Waals surface area contributed by atoms with Crippen molar-refractivity contribution in [1.82, 2.24) is 4.98 Å². The van der Waals surface area contributed by atoms with E-state index in [2.05, 4.69) is 17.2 Å². The molecule has 1 aromatic heterocycles. The van der Waals surface area contributed by atoms with Crippen molar-refractivity contribution >= 4 is 5.82 Å². The minimum absolute atomic E-state index is 0.145. The molecule has 0 amide bonds. The molecule has 0 bridgehead atoms. The van der Waals surface area contributed by atoms with E-state index >= 15 is 0 Å². The summed E-state index contributed by atoms with van der Waals surface area (Å²) in [5.41, 5.74) is 6.19. The van der Waals surface area contributed by atoms with Crippen LogP contribution in [0.1, 0.15) is 19.8 Å². The Hall–Kier alpha value is -1.33. The summed E-state index contributed by atoms with van der Waals surface area (Å²) in [6, 6.07) is 4.10. The van der Waals surface area contributed by atoms with E-state index in [1.807, 2.05) is 12.1 Å². The van der Waals surface area contributed by atoms with Crippen molar-refractivity contribution in [1.29, 1.82) is 0 Å². The van der Waals surface area contributed by atoms with Gasteiger partial charge in [0.15, 0.2) is 11.6 Å². The lowest BCUT2D eigenvalue weighted by Gasteiger charge is -2.45. The first-order chi connectivity index (χ1) is 9.31. The number of aromatic nitrogens is 1. The Kier molecular flexibility index (Phi) is 3.57. The summed E-state index contributed by atoms with van der Waals surface area (Å²) in [7, 11) is 0. The van der Waals surface area contributed by atoms with E-state index < -0.39 is 0 Å². The largest absolute Gasteiger partial charge is 0.490 e. The molecule has 3 rings (SSSR count). The number of fused-ring (bicyclic) bond motifs is 1. The van der Waals surface area contributed by atoms with Crippen molar-refractivity contribution in [2.45, 2.75) is 38.0 Å². The zero-order valence-corrected chi connectivity index (χ0v) is 11.2. The summed E-state index contributed by atoms with van der Waals surface area (Å²) in [5, 5.41) is 3.39. The highest BCUT2D eigenvalue weighted by atomic mass is 16.5. The first kappa shape index (κ1) is 12.7. The van der Waals surface area contributed by atoms with Crippen LogP contribution in [0.5, 0.6) is 5.75 Å². The van der Waals surface area contributed by atoms with Gasteiger partial charge in [-0.1, -0.05) is 6.92 Å². The number of pyridine rings is 1. The maximum absolute atomic E-state index is 6.19. The zero-order valence-electron chi connectivity index (χ0n) is 11.2. The molecule has 0 spiro atoms. The molecule has 104 valence electrons. The predicted octanol–water partition coefficient (Wildman–Crippen LogP) is 1.40. The fraction of sp³-hybridized carbons (Fsp3) is 0.643. The van der Waals surface area contributed by atoms with E-state index in [0.717, 1.165) is 31.0 Å². The molecular formula is C14H21N3O2. The minimum atomic E-state index is 0.145. The standard InChI is InChI=1S/C14H21N3O2/c1-2-7-18-10-4-3-6-16-14(10)17-12-11(15)9-5-8-19-13(9)12/h3-4,6,9,11-13H,2,5,7-8,15H2,1H3,(H,16,17). The summed E-state index contributed by atoms with van der Waals surface area (Å²) in [6.45, 7) is 3.60. The maximum Gasteiger partial charge on any atom is 0.169 e. The van der Waals surface area contributed by atoms with E-state index in [1.54, 1.807) is 6.20 Å². The van der Waals surface area contributed by atoms with Crippen LogP contribution >= 0.6 is 0 Å². The van der Waals surface area contributed by atoms with Crippen molar-refractivity contribution < 1.29 is 9.47 Å². The smallest absolute Gasteiger partial charge is 0.169 e. The summed E-state index contributed by atoms with van der Waals surface area (Å²) in [6.07, 6.45) is 4.05. The van der Waals surface area contributed by atoms with Crippen LogP contribution in [0.4, 0.5) is 5.82 Å². The summed E-state index contributed by atoms with van der Waals surface area (Å²) >= 11 is 0. The second-order valence-electron chi connectivity index (χ2n) is 5.23. The number of rotatable bonds is 5. The van der Waals surface area contributed by atoms with E-state index in [9.17, 15) is 0 Å². The van der Waals surface area contributed by atoms with Crippen molar-refractivity contribution in [2.75, 3.05) is 18.5 Å². The van der Waals surface area contributed by atoms with Gasteiger partial charge in [0.2, 0.25) is 0 Å². The topological polar surface area (TPSA) is 69.4 Å². The first-order valence-corrected chi connectivity index (χ1v) is 7.03. The van der Waals surface area contributed by atoms with Gasteiger partial charge in [-0.2, -0.15) is 0 Å². The zero-order chi connectivity index (χ0) is 13.2. The summed E-state index contributed by atoms with van der Waals surface area (Å²) in [4.78, 5) is 4.35. The molecule has 1 aliphatic carbocycles. The highest BCUT2D eigenvalue weighted by Crippen LogP contribution is 2.40. The van der Waals surface area contributed by atoms with Gasteiger partial charge in [0.05, 0.1) is 18.8 Å². The van der Waals surface area contributed by atoms with E-state index in [0.29, 0.717) is 12.5 Å². The number of hydrogen-bond donors (Lipinski definition) is 2. The molecule has 0 aromatic carbocycles. The molecule has 1 aromatic rings. The molecule has 1 saturated carbocycles. The summed E-state index contributed by atoms with van der Waals surface area (Å²) < 4.78 is 11.4. The molecule has 4 atom stereocenters. The second kappa shape index (κ2) is 5.35. The summed E-state index contributed by atoms with van der Waals surface area (Å²) in [5.74, 6) is 2.06. The van der Waals surface area contributed by atoms with Crippen LogP contribution < -0.4 is 15.8 Å². The van der Waals surface area contributed by atoms with Crippen molar-refractivity contribution in [3.63, 3.8) is 0 Å². The third kappa shape index (κ3) is 2.28. The quantitative estimate of drug-likeness (QED) is 0.840. The van der Waals surface area contributed by atoms with E-state index in [1.165, 1.54) is 0 Å². The van der Waals surface area contributed by atoms with Gasteiger partial charge in [-0.15, -0.1) is 0 Å². The Morgan fingerprint density at radius 3 is 3.32 bits per heavy atom. The molecule has 5 heteroatoms. The van der Waals surface area contributed by atoms with Gasteiger partial charge in [-0.3, -0.25) is 0 Å². The number of nitrogens with zero attached hydrogens (tertiary/aromatic N) is 1. The molecule has 5 nitrogen and oxygen atoms in total. The number of hydrogen-bond acceptors (Lipinski definition) is 5. The number of ether oxygens (including phenoxy) is 2. The predicted molar refractivity (Wildman–Crippen MR) is 73.3 cm³/mol. The van der Waals surface area contributed by atoms with Gasteiger partial charge in [0.1, 0.15) is 0 Å². The van der Waals surface area contributed by atoms with Crippen LogP contribution in [-0.2, 0) is 4.74 Å². The molecule has 0 radical (unpaired) electrons. The Balaban J connectivity index is 1.69. The Labute approximate surface area is 113 Å². The second-order valence-corrected chi connectivity index (χ2v) is 5.23. The van der Waals surface area contributed by atoms with Gasteiger partial charge in [-0.25, -0.2) is 4.98 Å². The third-order valence-corrected chi connectivity index (χ3v) is 3.98. The molecule has 1 saturated heterocycles. The Morgan fingerprint density at radius 2 is 2.47 bits per heavy atom. The number of nitrogens with two attached hydrogens (primary N) is 1. The molecule has 3 N–H and O–H groups in total. The Bertz CT molecular complexity index is 440. The lowest BCUT2D eigenvalue weighted by molar-refractivity contribution is 0.00515. The third-order valence-electron chi connectivity index (χ3n) is 3.98. The van der Waals surface area contributed by atoms with E-state index in [-0.39, 0.29) is 18.2 Å². The van der Waals surface area contributed by atoms with Crippen LogP contribution in [-0.4, -0.2) is 36.4 Å². The highest BCUT2D eigenvalue weighted by molar-refractivity contribution is 5.51. The number of anilines is 1.